The quantitative estimate of drug-likeness (QED) is 0.279. The van der Waals surface area contributed by atoms with Crippen molar-refractivity contribution >= 4 is 28.3 Å². The number of aromatic nitrogens is 3. The molecule has 2 aromatic carbocycles. The van der Waals surface area contributed by atoms with Crippen LogP contribution in [0.25, 0.3) is 11.0 Å². The van der Waals surface area contributed by atoms with E-state index in [1.54, 1.807) is 32.3 Å². The highest BCUT2D eigenvalue weighted by Crippen LogP contribution is 2.46. The van der Waals surface area contributed by atoms with Crippen LogP contribution in [0.2, 0.25) is 0 Å². The van der Waals surface area contributed by atoms with Crippen molar-refractivity contribution in [3.8, 4) is 5.75 Å². The molecule has 36 heavy (non-hydrogen) atoms. The van der Waals surface area contributed by atoms with Gasteiger partial charge in [-0.05, 0) is 81.1 Å². The minimum atomic E-state index is -1.03. The van der Waals surface area contributed by atoms with E-state index in [2.05, 4.69) is 23.3 Å². The molecule has 1 atom stereocenters. The number of hydrogen-bond donors (Lipinski definition) is 1. The molecule has 4 aromatic rings. The van der Waals surface area contributed by atoms with Gasteiger partial charge in [0.2, 0.25) is 0 Å². The topological polar surface area (TPSA) is 86.5 Å². The van der Waals surface area contributed by atoms with E-state index in [4.69, 9.17) is 9.47 Å². The van der Waals surface area contributed by atoms with Gasteiger partial charge in [-0.2, -0.15) is 0 Å². The minimum absolute atomic E-state index is 0.342. The Balaban J connectivity index is 1.65. The van der Waals surface area contributed by atoms with Crippen molar-refractivity contribution in [1.29, 1.82) is 0 Å². The van der Waals surface area contributed by atoms with E-state index in [1.165, 1.54) is 0 Å². The summed E-state index contributed by atoms with van der Waals surface area (Å²) >= 11 is 1.64. The first kappa shape index (κ1) is 25.9. The van der Waals surface area contributed by atoms with E-state index < -0.39 is 11.4 Å². The molecule has 0 aliphatic rings. The lowest BCUT2D eigenvalue weighted by molar-refractivity contribution is -0.147. The van der Waals surface area contributed by atoms with E-state index in [0.29, 0.717) is 13.2 Å². The molecule has 7 nitrogen and oxygen atoms in total. The number of hydrogen-bond acceptors (Lipinski definition) is 6. The van der Waals surface area contributed by atoms with E-state index in [0.717, 1.165) is 55.3 Å². The normalized spacial score (nSPS) is 12.7. The lowest BCUT2D eigenvalue weighted by Gasteiger charge is -2.31. The first-order valence-electron chi connectivity index (χ1n) is 12.0. The van der Waals surface area contributed by atoms with Gasteiger partial charge >= 0.3 is 5.97 Å². The highest BCUT2D eigenvalue weighted by atomic mass is 32.1. The second-order valence-electron chi connectivity index (χ2n) is 9.58. The molecule has 4 rings (SSSR count). The van der Waals surface area contributed by atoms with Gasteiger partial charge in [-0.25, -0.2) is 4.68 Å². The van der Waals surface area contributed by atoms with Crippen LogP contribution in [0.4, 0.5) is 0 Å². The molecule has 1 N–H and O–H groups in total. The Morgan fingerprint density at radius 3 is 2.50 bits per heavy atom. The van der Waals surface area contributed by atoms with Crippen molar-refractivity contribution in [2.45, 2.75) is 60.3 Å². The van der Waals surface area contributed by atoms with E-state index >= 15 is 0 Å². The lowest BCUT2D eigenvalue weighted by Crippen LogP contribution is -2.32. The van der Waals surface area contributed by atoms with E-state index in [9.17, 15) is 9.90 Å². The molecule has 0 spiro atoms. The van der Waals surface area contributed by atoms with E-state index in [-0.39, 0.29) is 5.92 Å². The number of aryl methyl sites for hydroxylation is 3. The second-order valence-corrected chi connectivity index (χ2v) is 10.9. The molecule has 2 heterocycles. The first-order valence-corrected chi connectivity index (χ1v) is 12.8. The number of benzene rings is 2. The van der Waals surface area contributed by atoms with Gasteiger partial charge < -0.3 is 14.6 Å². The number of thiophene rings is 1. The zero-order valence-electron chi connectivity index (χ0n) is 21.7. The molecule has 0 bridgehead atoms. The molecule has 190 valence electrons. The van der Waals surface area contributed by atoms with Crippen LogP contribution in [0.5, 0.6) is 5.75 Å². The van der Waals surface area contributed by atoms with Crippen molar-refractivity contribution in [2.24, 2.45) is 5.41 Å². The lowest BCUT2D eigenvalue weighted by atomic mass is 9.72. The van der Waals surface area contributed by atoms with Gasteiger partial charge in [-0.3, -0.25) is 4.79 Å². The predicted octanol–water partition coefficient (Wildman–Crippen LogP) is 6.10. The number of aliphatic carboxylic acids is 1. The standard InChI is InChI=1S/C28H33N3O4S/c1-7-31-23-13-12-22(17(2)26(23)29-30-31)25(28(4,5)27(32)33)24-14-20(18(3)36-24)16-35-15-19-8-10-21(34-6)11-9-19/h8-14,25H,7,15-16H2,1-6H3,(H,32,33)/t25-/m1/s1. The Kier molecular flexibility index (Phi) is 7.47. The summed E-state index contributed by atoms with van der Waals surface area (Å²) in [4.78, 5) is 14.6. The maximum atomic E-state index is 12.4. The molecule has 0 aliphatic heterocycles. The zero-order chi connectivity index (χ0) is 26.0. The summed E-state index contributed by atoms with van der Waals surface area (Å²) in [6, 6.07) is 14.0. The fourth-order valence-electron chi connectivity index (χ4n) is 4.58. The first-order chi connectivity index (χ1) is 17.2. The van der Waals surface area contributed by atoms with Crippen molar-refractivity contribution in [3.05, 3.63) is 74.5 Å². The summed E-state index contributed by atoms with van der Waals surface area (Å²) in [6.45, 7) is 11.4. The molecule has 2 aromatic heterocycles. The number of carboxylic acids is 1. The Morgan fingerprint density at radius 1 is 1.14 bits per heavy atom. The summed E-state index contributed by atoms with van der Waals surface area (Å²) in [6.07, 6.45) is 0. The van der Waals surface area contributed by atoms with Crippen LogP contribution < -0.4 is 4.74 Å². The van der Waals surface area contributed by atoms with E-state index in [1.807, 2.05) is 54.9 Å². The molecule has 0 amide bonds. The van der Waals surface area contributed by atoms with Crippen molar-refractivity contribution in [1.82, 2.24) is 15.0 Å². The summed E-state index contributed by atoms with van der Waals surface area (Å²) < 4.78 is 13.1. The van der Waals surface area contributed by atoms with Crippen molar-refractivity contribution < 1.29 is 19.4 Å². The van der Waals surface area contributed by atoms with Crippen molar-refractivity contribution in [2.75, 3.05) is 7.11 Å². The highest BCUT2D eigenvalue weighted by Gasteiger charge is 2.41. The molecule has 8 heteroatoms. The molecule has 0 radical (unpaired) electrons. The molecular formula is C28H33N3O4S. The maximum absolute atomic E-state index is 12.4. The molecular weight excluding hydrogens is 474 g/mol. The molecule has 0 fully saturated rings. The van der Waals surface area contributed by atoms with Gasteiger partial charge in [0.1, 0.15) is 11.3 Å². The smallest absolute Gasteiger partial charge is 0.310 e. The van der Waals surface area contributed by atoms with Crippen LogP contribution in [0, 0.1) is 19.3 Å². The largest absolute Gasteiger partial charge is 0.497 e. The van der Waals surface area contributed by atoms with Crippen LogP contribution in [0.3, 0.4) is 0 Å². The van der Waals surface area contributed by atoms with Gasteiger partial charge in [0.05, 0.1) is 31.3 Å². The second kappa shape index (κ2) is 10.4. The number of rotatable bonds is 10. The number of carboxylic acid groups (broad SMARTS) is 1. The summed E-state index contributed by atoms with van der Waals surface area (Å²) in [5, 5.41) is 18.9. The van der Waals surface area contributed by atoms with Gasteiger partial charge in [0.25, 0.3) is 0 Å². The average molecular weight is 508 g/mol. The third-order valence-electron chi connectivity index (χ3n) is 6.88. The van der Waals surface area contributed by atoms with Crippen LogP contribution in [-0.2, 0) is 29.3 Å². The third kappa shape index (κ3) is 4.88. The molecule has 0 saturated carbocycles. The van der Waals surface area contributed by atoms with Crippen LogP contribution in [0.1, 0.15) is 58.7 Å². The maximum Gasteiger partial charge on any atom is 0.310 e. The number of methoxy groups -OCH3 is 1. The number of fused-ring (bicyclic) bond motifs is 1. The molecule has 0 saturated heterocycles. The zero-order valence-corrected chi connectivity index (χ0v) is 22.5. The van der Waals surface area contributed by atoms with Crippen molar-refractivity contribution in [3.63, 3.8) is 0 Å². The summed E-state index contributed by atoms with van der Waals surface area (Å²) in [5.74, 6) is -0.368. The fraction of sp³-hybridized carbons (Fsp3) is 0.393. The van der Waals surface area contributed by atoms with Gasteiger partial charge in [-0.15, -0.1) is 16.4 Å². The van der Waals surface area contributed by atoms with Gasteiger partial charge in [0.15, 0.2) is 0 Å². The minimum Gasteiger partial charge on any atom is -0.497 e. The summed E-state index contributed by atoms with van der Waals surface area (Å²) in [7, 11) is 1.65. The van der Waals surface area contributed by atoms with Gasteiger partial charge in [-0.1, -0.05) is 23.4 Å². The van der Waals surface area contributed by atoms with Crippen LogP contribution in [0.15, 0.2) is 42.5 Å². The Hall–Kier alpha value is -3.23. The monoisotopic (exact) mass is 507 g/mol. The van der Waals surface area contributed by atoms with Crippen LogP contribution >= 0.6 is 11.3 Å². The molecule has 0 unspecified atom stereocenters. The number of nitrogens with zero attached hydrogens (tertiary/aromatic N) is 3. The number of carbonyl (C=O) groups is 1. The Labute approximate surface area is 215 Å². The predicted molar refractivity (Wildman–Crippen MR) is 142 cm³/mol. The van der Waals surface area contributed by atoms with Gasteiger partial charge in [0, 0.05) is 22.2 Å². The Morgan fingerprint density at radius 2 is 1.86 bits per heavy atom. The molecule has 0 aliphatic carbocycles. The SMILES string of the molecule is CCn1nnc2c(C)c([C@H](c3cc(COCc4ccc(OC)cc4)c(C)s3)C(C)(C)C(=O)O)ccc21. The highest BCUT2D eigenvalue weighted by molar-refractivity contribution is 7.12. The number of ether oxygens (including phenoxy) is 2. The third-order valence-corrected chi connectivity index (χ3v) is 8.03. The fourth-order valence-corrected chi connectivity index (χ4v) is 5.92. The Bertz CT molecular complexity index is 1370. The summed E-state index contributed by atoms with van der Waals surface area (Å²) in [5.41, 5.74) is 4.82. The van der Waals surface area contributed by atoms with Crippen LogP contribution in [-0.4, -0.2) is 33.2 Å². The average Bonchev–Trinajstić information content (AvgIpc) is 3.44.